The average molecular weight is 253 g/mol. The Hall–Kier alpha value is -2.36. The van der Waals surface area contributed by atoms with E-state index >= 15 is 0 Å². The number of pyridine rings is 1. The third-order valence-corrected chi connectivity index (χ3v) is 2.89. The Morgan fingerprint density at radius 3 is 2.68 bits per heavy atom. The van der Waals surface area contributed by atoms with Gasteiger partial charge in [0.25, 0.3) is 0 Å². The SMILES string of the molecule is CCCOc1nc2ccccc2n1-c1ccncc1. The van der Waals surface area contributed by atoms with Crippen LogP contribution in [-0.2, 0) is 0 Å². The lowest BCUT2D eigenvalue weighted by molar-refractivity contribution is 0.289. The molecule has 0 saturated heterocycles. The highest BCUT2D eigenvalue weighted by atomic mass is 16.5. The van der Waals surface area contributed by atoms with Crippen LogP contribution < -0.4 is 4.74 Å². The van der Waals surface area contributed by atoms with Crippen LogP contribution in [0, 0.1) is 0 Å². The monoisotopic (exact) mass is 253 g/mol. The van der Waals surface area contributed by atoms with Crippen molar-refractivity contribution < 1.29 is 4.74 Å². The van der Waals surface area contributed by atoms with Gasteiger partial charge >= 0.3 is 6.01 Å². The number of imidazole rings is 1. The van der Waals surface area contributed by atoms with Crippen molar-refractivity contribution in [2.45, 2.75) is 13.3 Å². The van der Waals surface area contributed by atoms with E-state index in [0.717, 1.165) is 23.1 Å². The van der Waals surface area contributed by atoms with Gasteiger partial charge in [-0.15, -0.1) is 0 Å². The van der Waals surface area contributed by atoms with Crippen molar-refractivity contribution in [3.8, 4) is 11.7 Å². The molecule has 0 aliphatic heterocycles. The van der Waals surface area contributed by atoms with E-state index in [2.05, 4.69) is 16.9 Å². The third kappa shape index (κ3) is 2.17. The van der Waals surface area contributed by atoms with Crippen LogP contribution in [0.2, 0.25) is 0 Å². The fourth-order valence-corrected chi connectivity index (χ4v) is 2.04. The topological polar surface area (TPSA) is 39.9 Å². The van der Waals surface area contributed by atoms with Gasteiger partial charge in [-0.2, -0.15) is 4.98 Å². The van der Waals surface area contributed by atoms with Gasteiger partial charge in [0.15, 0.2) is 0 Å². The minimum Gasteiger partial charge on any atom is -0.464 e. The molecule has 0 fully saturated rings. The van der Waals surface area contributed by atoms with Gasteiger partial charge in [-0.3, -0.25) is 9.55 Å². The summed E-state index contributed by atoms with van der Waals surface area (Å²) in [4.78, 5) is 8.60. The van der Waals surface area contributed by atoms with E-state index in [-0.39, 0.29) is 0 Å². The second-order valence-electron chi connectivity index (χ2n) is 4.27. The van der Waals surface area contributed by atoms with Gasteiger partial charge in [-0.25, -0.2) is 0 Å². The Kier molecular flexibility index (Phi) is 3.14. The standard InChI is InChI=1S/C15H15N3O/c1-2-11-19-15-17-13-5-3-4-6-14(13)18(15)12-7-9-16-10-8-12/h3-10H,2,11H2,1H3. The lowest BCUT2D eigenvalue weighted by Crippen LogP contribution is -2.03. The molecule has 0 N–H and O–H groups in total. The van der Waals surface area contributed by atoms with Crippen molar-refractivity contribution in [3.05, 3.63) is 48.8 Å². The molecule has 3 aromatic rings. The Balaban J connectivity index is 2.19. The predicted molar refractivity (Wildman–Crippen MR) is 74.7 cm³/mol. The van der Waals surface area contributed by atoms with E-state index in [4.69, 9.17) is 4.74 Å². The predicted octanol–water partition coefficient (Wildman–Crippen LogP) is 3.21. The first-order valence-electron chi connectivity index (χ1n) is 6.41. The molecule has 4 heteroatoms. The van der Waals surface area contributed by atoms with Gasteiger partial charge in [0.1, 0.15) is 0 Å². The second kappa shape index (κ2) is 5.10. The smallest absolute Gasteiger partial charge is 0.302 e. The number of benzene rings is 1. The number of nitrogens with zero attached hydrogens (tertiary/aromatic N) is 3. The summed E-state index contributed by atoms with van der Waals surface area (Å²) in [6.07, 6.45) is 4.50. The third-order valence-electron chi connectivity index (χ3n) is 2.89. The van der Waals surface area contributed by atoms with Crippen LogP contribution >= 0.6 is 0 Å². The van der Waals surface area contributed by atoms with Gasteiger partial charge in [0.2, 0.25) is 0 Å². The minimum absolute atomic E-state index is 0.634. The van der Waals surface area contributed by atoms with Crippen molar-refractivity contribution in [2.24, 2.45) is 0 Å². The summed E-state index contributed by atoms with van der Waals surface area (Å²) in [5.74, 6) is 0. The van der Waals surface area contributed by atoms with Crippen molar-refractivity contribution in [1.29, 1.82) is 0 Å². The Morgan fingerprint density at radius 1 is 1.11 bits per heavy atom. The zero-order chi connectivity index (χ0) is 13.1. The average Bonchev–Trinajstić information content (AvgIpc) is 2.84. The highest BCUT2D eigenvalue weighted by Crippen LogP contribution is 2.25. The number of hydrogen-bond donors (Lipinski definition) is 0. The number of hydrogen-bond acceptors (Lipinski definition) is 3. The zero-order valence-corrected chi connectivity index (χ0v) is 10.8. The van der Waals surface area contributed by atoms with E-state index in [1.54, 1.807) is 12.4 Å². The summed E-state index contributed by atoms with van der Waals surface area (Å²) in [6.45, 7) is 2.74. The van der Waals surface area contributed by atoms with Crippen LogP contribution in [0.25, 0.3) is 16.7 Å². The van der Waals surface area contributed by atoms with E-state index in [0.29, 0.717) is 12.6 Å². The van der Waals surface area contributed by atoms with E-state index in [9.17, 15) is 0 Å². The summed E-state index contributed by atoms with van der Waals surface area (Å²) in [5, 5.41) is 0. The molecule has 0 amide bonds. The van der Waals surface area contributed by atoms with Crippen LogP contribution in [0.5, 0.6) is 6.01 Å². The van der Waals surface area contributed by atoms with Gasteiger partial charge in [0.05, 0.1) is 23.3 Å². The fraction of sp³-hybridized carbons (Fsp3) is 0.200. The fourth-order valence-electron chi connectivity index (χ4n) is 2.04. The largest absolute Gasteiger partial charge is 0.464 e. The molecule has 0 atom stereocenters. The van der Waals surface area contributed by atoms with E-state index in [1.165, 1.54) is 0 Å². The van der Waals surface area contributed by atoms with Gasteiger partial charge in [0, 0.05) is 12.4 Å². The van der Waals surface area contributed by atoms with E-state index in [1.807, 2.05) is 41.0 Å². The Bertz CT molecular complexity index is 676. The summed E-state index contributed by atoms with van der Waals surface area (Å²) in [5.41, 5.74) is 2.99. The number of para-hydroxylation sites is 2. The Morgan fingerprint density at radius 2 is 1.89 bits per heavy atom. The van der Waals surface area contributed by atoms with Crippen LogP contribution in [0.15, 0.2) is 48.8 Å². The summed E-state index contributed by atoms with van der Waals surface area (Å²) < 4.78 is 7.78. The van der Waals surface area contributed by atoms with Crippen LogP contribution in [-0.4, -0.2) is 21.1 Å². The summed E-state index contributed by atoms with van der Waals surface area (Å²) in [7, 11) is 0. The molecule has 0 spiro atoms. The lowest BCUT2D eigenvalue weighted by atomic mass is 10.3. The minimum atomic E-state index is 0.634. The normalized spacial score (nSPS) is 10.8. The highest BCUT2D eigenvalue weighted by Gasteiger charge is 2.12. The van der Waals surface area contributed by atoms with Crippen molar-refractivity contribution in [2.75, 3.05) is 6.61 Å². The van der Waals surface area contributed by atoms with Crippen molar-refractivity contribution in [3.63, 3.8) is 0 Å². The number of fused-ring (bicyclic) bond motifs is 1. The number of rotatable bonds is 4. The lowest BCUT2D eigenvalue weighted by Gasteiger charge is -2.09. The molecular formula is C15H15N3O. The molecule has 3 rings (SSSR count). The molecule has 0 aliphatic rings. The molecular weight excluding hydrogens is 238 g/mol. The van der Waals surface area contributed by atoms with Gasteiger partial charge in [-0.1, -0.05) is 19.1 Å². The van der Waals surface area contributed by atoms with Crippen LogP contribution in [0.4, 0.5) is 0 Å². The molecule has 2 aromatic heterocycles. The molecule has 0 unspecified atom stereocenters. The number of ether oxygens (including phenoxy) is 1. The first-order chi connectivity index (χ1) is 9.40. The Labute approximate surface area is 111 Å². The van der Waals surface area contributed by atoms with Gasteiger partial charge < -0.3 is 4.74 Å². The molecule has 0 saturated carbocycles. The zero-order valence-electron chi connectivity index (χ0n) is 10.8. The quantitative estimate of drug-likeness (QED) is 0.716. The molecule has 1 aromatic carbocycles. The maximum atomic E-state index is 5.76. The summed E-state index contributed by atoms with van der Waals surface area (Å²) in [6, 6.07) is 12.6. The molecule has 0 radical (unpaired) electrons. The van der Waals surface area contributed by atoms with Crippen molar-refractivity contribution in [1.82, 2.24) is 14.5 Å². The molecule has 4 nitrogen and oxygen atoms in total. The second-order valence-corrected chi connectivity index (χ2v) is 4.27. The maximum absolute atomic E-state index is 5.76. The van der Waals surface area contributed by atoms with Crippen LogP contribution in [0.1, 0.15) is 13.3 Å². The molecule has 0 bridgehead atoms. The summed E-state index contributed by atoms with van der Waals surface area (Å²) >= 11 is 0. The van der Waals surface area contributed by atoms with Gasteiger partial charge in [-0.05, 0) is 30.7 Å². The molecule has 0 aliphatic carbocycles. The first-order valence-corrected chi connectivity index (χ1v) is 6.41. The number of aromatic nitrogens is 3. The molecule has 2 heterocycles. The molecule has 96 valence electrons. The highest BCUT2D eigenvalue weighted by molar-refractivity contribution is 5.79. The van der Waals surface area contributed by atoms with E-state index < -0.39 is 0 Å². The van der Waals surface area contributed by atoms with Crippen LogP contribution in [0.3, 0.4) is 0 Å². The molecule has 19 heavy (non-hydrogen) atoms. The maximum Gasteiger partial charge on any atom is 0.302 e. The first kappa shape index (κ1) is 11.7. The van der Waals surface area contributed by atoms with Crippen molar-refractivity contribution >= 4 is 11.0 Å².